The lowest BCUT2D eigenvalue weighted by atomic mass is 10.2. The van der Waals surface area contributed by atoms with Crippen LogP contribution in [-0.2, 0) is 4.74 Å². The fourth-order valence-electron chi connectivity index (χ4n) is 0.551. The highest BCUT2D eigenvalue weighted by atomic mass is 35.5. The molecular weight excluding hydrogens is 162 g/mol. The van der Waals surface area contributed by atoms with Gasteiger partial charge in [0.2, 0.25) is 0 Å². The Balaban J connectivity index is 0. The van der Waals surface area contributed by atoms with E-state index < -0.39 is 0 Å². The Morgan fingerprint density at radius 3 is 2.09 bits per heavy atom. The summed E-state index contributed by atoms with van der Waals surface area (Å²) in [6, 6.07) is 0.252. The topological polar surface area (TPSA) is 35.2 Å². The molecule has 0 saturated heterocycles. The first kappa shape index (κ1) is 13.8. The van der Waals surface area contributed by atoms with E-state index >= 15 is 0 Å². The predicted octanol–water partition coefficient (Wildman–Crippen LogP) is 1.96. The summed E-state index contributed by atoms with van der Waals surface area (Å²) in [6.45, 7) is 8.91. The van der Waals surface area contributed by atoms with Crippen LogP contribution in [0.3, 0.4) is 0 Å². The number of nitrogens with two attached hydrogens (primary N) is 1. The van der Waals surface area contributed by atoms with Crippen LogP contribution in [0.4, 0.5) is 0 Å². The predicted molar refractivity (Wildman–Crippen MR) is 51.2 cm³/mol. The first-order valence-corrected chi connectivity index (χ1v) is 3.81. The minimum absolute atomic E-state index is 0. The zero-order chi connectivity index (χ0) is 8.20. The van der Waals surface area contributed by atoms with Crippen molar-refractivity contribution in [3.8, 4) is 0 Å². The second-order valence-corrected chi connectivity index (χ2v) is 3.73. The Morgan fingerprint density at radius 1 is 1.36 bits per heavy atom. The zero-order valence-electron chi connectivity index (χ0n) is 7.89. The smallest absolute Gasteiger partial charge is 0.0598 e. The van der Waals surface area contributed by atoms with E-state index in [9.17, 15) is 0 Å². The third-order valence-electron chi connectivity index (χ3n) is 1.11. The van der Waals surface area contributed by atoms with Crippen molar-refractivity contribution in [2.75, 3.05) is 6.61 Å². The van der Waals surface area contributed by atoms with E-state index in [4.69, 9.17) is 10.5 Å². The molecule has 70 valence electrons. The number of ether oxygens (including phenoxy) is 1. The van der Waals surface area contributed by atoms with Gasteiger partial charge in [0.15, 0.2) is 0 Å². The zero-order valence-corrected chi connectivity index (χ0v) is 8.70. The summed E-state index contributed by atoms with van der Waals surface area (Å²) in [5.74, 6) is 0. The van der Waals surface area contributed by atoms with Gasteiger partial charge in [0.05, 0.1) is 5.60 Å². The maximum absolute atomic E-state index is 5.54. The van der Waals surface area contributed by atoms with Crippen molar-refractivity contribution in [2.45, 2.75) is 45.8 Å². The quantitative estimate of drug-likeness (QED) is 0.723. The van der Waals surface area contributed by atoms with Crippen LogP contribution in [0.5, 0.6) is 0 Å². The molecule has 0 unspecified atom stereocenters. The minimum atomic E-state index is -0.0190. The molecular formula is C8H20ClNO. The second-order valence-electron chi connectivity index (χ2n) is 3.73. The van der Waals surface area contributed by atoms with Gasteiger partial charge in [0.25, 0.3) is 0 Å². The van der Waals surface area contributed by atoms with Crippen LogP contribution in [-0.4, -0.2) is 18.2 Å². The summed E-state index contributed by atoms with van der Waals surface area (Å²) in [4.78, 5) is 0. The summed E-state index contributed by atoms with van der Waals surface area (Å²) >= 11 is 0. The molecule has 0 aromatic heterocycles. The summed E-state index contributed by atoms with van der Waals surface area (Å²) in [5, 5.41) is 0. The van der Waals surface area contributed by atoms with Crippen molar-refractivity contribution < 1.29 is 4.74 Å². The van der Waals surface area contributed by atoms with Crippen molar-refractivity contribution in [3.05, 3.63) is 0 Å². The van der Waals surface area contributed by atoms with Gasteiger partial charge in [-0.15, -0.1) is 12.4 Å². The van der Waals surface area contributed by atoms with Crippen molar-refractivity contribution in [3.63, 3.8) is 0 Å². The van der Waals surface area contributed by atoms with E-state index in [1.54, 1.807) is 0 Å². The Hall–Kier alpha value is 0.210. The molecule has 0 fully saturated rings. The first-order valence-electron chi connectivity index (χ1n) is 3.81. The average Bonchev–Trinajstić information content (AvgIpc) is 1.59. The van der Waals surface area contributed by atoms with Crippen LogP contribution in [0, 0.1) is 0 Å². The van der Waals surface area contributed by atoms with Gasteiger partial charge in [0.1, 0.15) is 0 Å². The van der Waals surface area contributed by atoms with E-state index in [0.29, 0.717) is 0 Å². The number of hydrogen-bond donors (Lipinski definition) is 1. The van der Waals surface area contributed by atoms with Crippen LogP contribution >= 0.6 is 12.4 Å². The summed E-state index contributed by atoms with van der Waals surface area (Å²) in [7, 11) is 0. The van der Waals surface area contributed by atoms with Crippen molar-refractivity contribution >= 4 is 12.4 Å². The third kappa shape index (κ3) is 13.2. The standard InChI is InChI=1S/C8H19NO.ClH/c1-7(9)5-6-10-8(2,3)4;/h7H,5-6,9H2,1-4H3;1H/t7-;/m0./s1. The van der Waals surface area contributed by atoms with E-state index in [2.05, 4.69) is 0 Å². The number of hydrogen-bond acceptors (Lipinski definition) is 2. The monoisotopic (exact) mass is 181 g/mol. The van der Waals surface area contributed by atoms with Gasteiger partial charge in [-0.05, 0) is 34.1 Å². The molecule has 0 amide bonds. The van der Waals surface area contributed by atoms with Crippen LogP contribution in [0.25, 0.3) is 0 Å². The molecule has 0 aromatic rings. The molecule has 2 nitrogen and oxygen atoms in total. The highest BCUT2D eigenvalue weighted by Crippen LogP contribution is 2.06. The summed E-state index contributed by atoms with van der Waals surface area (Å²) in [5.41, 5.74) is 5.52. The lowest BCUT2D eigenvalue weighted by Crippen LogP contribution is -2.24. The molecule has 0 saturated carbocycles. The molecule has 2 N–H and O–H groups in total. The molecule has 0 aliphatic carbocycles. The Bertz CT molecular complexity index is 88.6. The van der Waals surface area contributed by atoms with E-state index in [1.165, 1.54) is 0 Å². The molecule has 0 rings (SSSR count). The van der Waals surface area contributed by atoms with Gasteiger partial charge in [-0.3, -0.25) is 0 Å². The lowest BCUT2D eigenvalue weighted by Gasteiger charge is -2.19. The highest BCUT2D eigenvalue weighted by Gasteiger charge is 2.09. The summed E-state index contributed by atoms with van der Waals surface area (Å²) < 4.78 is 5.46. The van der Waals surface area contributed by atoms with Gasteiger partial charge in [0, 0.05) is 12.6 Å². The molecule has 1 atom stereocenters. The molecule has 0 aliphatic rings. The van der Waals surface area contributed by atoms with Crippen LogP contribution in [0.15, 0.2) is 0 Å². The number of rotatable bonds is 3. The number of halogens is 1. The van der Waals surface area contributed by atoms with Gasteiger partial charge in [-0.25, -0.2) is 0 Å². The fraction of sp³-hybridized carbons (Fsp3) is 1.00. The molecule has 3 heteroatoms. The van der Waals surface area contributed by atoms with Crippen LogP contribution in [0.1, 0.15) is 34.1 Å². The lowest BCUT2D eigenvalue weighted by molar-refractivity contribution is -0.00547. The van der Waals surface area contributed by atoms with Gasteiger partial charge in [-0.1, -0.05) is 0 Å². The molecule has 0 radical (unpaired) electrons. The van der Waals surface area contributed by atoms with E-state index in [0.717, 1.165) is 13.0 Å². The third-order valence-corrected chi connectivity index (χ3v) is 1.11. The van der Waals surface area contributed by atoms with Crippen molar-refractivity contribution in [2.24, 2.45) is 5.73 Å². The molecule has 0 bridgehead atoms. The van der Waals surface area contributed by atoms with Crippen LogP contribution < -0.4 is 5.73 Å². The Morgan fingerprint density at radius 2 is 1.82 bits per heavy atom. The maximum Gasteiger partial charge on any atom is 0.0598 e. The Labute approximate surface area is 75.9 Å². The van der Waals surface area contributed by atoms with Crippen molar-refractivity contribution in [1.29, 1.82) is 0 Å². The molecule has 0 aliphatic heterocycles. The van der Waals surface area contributed by atoms with Gasteiger partial charge >= 0.3 is 0 Å². The SMILES string of the molecule is C[C@H](N)CCOC(C)(C)C.Cl. The summed E-state index contributed by atoms with van der Waals surface area (Å²) in [6.07, 6.45) is 0.942. The van der Waals surface area contributed by atoms with Crippen molar-refractivity contribution in [1.82, 2.24) is 0 Å². The normalized spacial score (nSPS) is 13.9. The highest BCUT2D eigenvalue weighted by molar-refractivity contribution is 5.85. The van der Waals surface area contributed by atoms with E-state index in [1.807, 2.05) is 27.7 Å². The Kier molecular flexibility index (Phi) is 7.28. The second kappa shape index (κ2) is 5.81. The van der Waals surface area contributed by atoms with Crippen LogP contribution in [0.2, 0.25) is 0 Å². The largest absolute Gasteiger partial charge is 0.376 e. The fourth-order valence-corrected chi connectivity index (χ4v) is 0.551. The molecule has 0 spiro atoms. The maximum atomic E-state index is 5.54. The average molecular weight is 182 g/mol. The van der Waals surface area contributed by atoms with Gasteiger partial charge < -0.3 is 10.5 Å². The van der Waals surface area contributed by atoms with Gasteiger partial charge in [-0.2, -0.15) is 0 Å². The van der Waals surface area contributed by atoms with E-state index in [-0.39, 0.29) is 24.0 Å². The molecule has 0 heterocycles. The minimum Gasteiger partial charge on any atom is -0.376 e. The first-order chi connectivity index (χ1) is 4.42. The molecule has 11 heavy (non-hydrogen) atoms. The molecule has 0 aromatic carbocycles.